The molecule has 1 N–H and O–H groups in total. The molecule has 0 aliphatic carbocycles. The summed E-state index contributed by atoms with van der Waals surface area (Å²) in [6, 6.07) is 13.4. The van der Waals surface area contributed by atoms with Gasteiger partial charge < -0.3 is 4.98 Å². The van der Waals surface area contributed by atoms with Crippen LogP contribution in [-0.4, -0.2) is 26.4 Å². The molecule has 2 aromatic heterocycles. The number of rotatable bonds is 3. The molecule has 0 fully saturated rings. The number of nitrogens with one attached hydrogen (secondary N) is 1. The SMILES string of the molecule is N#Cc1ccc(CN2CCc3nc(-c4ccncc4)[nH]c(=O)c3C2)cc1. The molecule has 0 saturated heterocycles. The summed E-state index contributed by atoms with van der Waals surface area (Å²) in [6.45, 7) is 2.17. The van der Waals surface area contributed by atoms with E-state index in [9.17, 15) is 4.79 Å². The molecule has 1 aliphatic rings. The molecule has 0 unspecified atom stereocenters. The largest absolute Gasteiger partial charge is 0.306 e. The first-order valence-corrected chi connectivity index (χ1v) is 8.47. The van der Waals surface area contributed by atoms with E-state index in [0.29, 0.717) is 17.9 Å². The van der Waals surface area contributed by atoms with E-state index < -0.39 is 0 Å². The molecule has 6 nitrogen and oxygen atoms in total. The van der Waals surface area contributed by atoms with Crippen LogP contribution in [0.1, 0.15) is 22.4 Å². The molecule has 0 atom stereocenters. The maximum Gasteiger partial charge on any atom is 0.255 e. The summed E-state index contributed by atoms with van der Waals surface area (Å²) in [7, 11) is 0. The van der Waals surface area contributed by atoms with Gasteiger partial charge in [0.15, 0.2) is 0 Å². The third-order valence-corrected chi connectivity index (χ3v) is 4.59. The number of hydrogen-bond donors (Lipinski definition) is 1. The zero-order valence-electron chi connectivity index (χ0n) is 14.1. The molecule has 3 heterocycles. The Bertz CT molecular complexity index is 1020. The van der Waals surface area contributed by atoms with E-state index in [1.165, 1.54) is 0 Å². The maximum absolute atomic E-state index is 12.6. The summed E-state index contributed by atoms with van der Waals surface area (Å²) in [6.07, 6.45) is 4.12. The fourth-order valence-electron chi connectivity index (χ4n) is 3.21. The molecule has 1 aromatic carbocycles. The fraction of sp³-hybridized carbons (Fsp3) is 0.200. The van der Waals surface area contributed by atoms with Crippen LogP contribution in [0.3, 0.4) is 0 Å². The van der Waals surface area contributed by atoms with E-state index in [0.717, 1.165) is 41.9 Å². The van der Waals surface area contributed by atoms with Gasteiger partial charge in [-0.2, -0.15) is 5.26 Å². The molecule has 0 radical (unpaired) electrons. The van der Waals surface area contributed by atoms with E-state index in [1.807, 2.05) is 36.4 Å². The first kappa shape index (κ1) is 16.2. The van der Waals surface area contributed by atoms with Crippen molar-refractivity contribution in [1.29, 1.82) is 5.26 Å². The summed E-state index contributed by atoms with van der Waals surface area (Å²) < 4.78 is 0. The molecule has 128 valence electrons. The minimum absolute atomic E-state index is 0.0775. The number of nitrogens with zero attached hydrogens (tertiary/aromatic N) is 4. The summed E-state index contributed by atoms with van der Waals surface area (Å²) in [4.78, 5) is 26.3. The predicted molar refractivity (Wildman–Crippen MR) is 97.1 cm³/mol. The number of aromatic nitrogens is 3. The lowest BCUT2D eigenvalue weighted by atomic mass is 10.0. The molecule has 0 saturated carbocycles. The van der Waals surface area contributed by atoms with Gasteiger partial charge in [0.05, 0.1) is 22.9 Å². The number of hydrogen-bond acceptors (Lipinski definition) is 5. The zero-order chi connectivity index (χ0) is 17.9. The molecule has 0 amide bonds. The van der Waals surface area contributed by atoms with E-state index in [1.54, 1.807) is 12.4 Å². The van der Waals surface area contributed by atoms with Crippen LogP contribution in [0.5, 0.6) is 0 Å². The summed E-state index contributed by atoms with van der Waals surface area (Å²) in [5, 5.41) is 8.89. The Hall–Kier alpha value is -3.30. The minimum Gasteiger partial charge on any atom is -0.306 e. The van der Waals surface area contributed by atoms with Gasteiger partial charge in [-0.15, -0.1) is 0 Å². The second kappa shape index (κ2) is 6.90. The lowest BCUT2D eigenvalue weighted by molar-refractivity contribution is 0.242. The van der Waals surface area contributed by atoms with Gasteiger partial charge in [0.1, 0.15) is 5.82 Å². The molecule has 0 spiro atoms. The van der Waals surface area contributed by atoms with Gasteiger partial charge in [-0.25, -0.2) is 4.98 Å². The summed E-state index contributed by atoms with van der Waals surface area (Å²) in [5.74, 6) is 0.594. The first-order chi connectivity index (χ1) is 12.7. The fourth-order valence-corrected chi connectivity index (χ4v) is 3.21. The average molecular weight is 343 g/mol. The lowest BCUT2D eigenvalue weighted by Gasteiger charge is -2.27. The molecule has 4 rings (SSSR count). The Labute approximate surface area is 150 Å². The van der Waals surface area contributed by atoms with E-state index in [-0.39, 0.29) is 5.56 Å². The molecule has 3 aromatic rings. The quantitative estimate of drug-likeness (QED) is 0.788. The number of benzene rings is 1. The van der Waals surface area contributed by atoms with Crippen molar-refractivity contribution in [3.8, 4) is 17.5 Å². The van der Waals surface area contributed by atoms with Gasteiger partial charge in [0, 0.05) is 44.0 Å². The standard InChI is InChI=1S/C20H17N5O/c21-11-14-1-3-15(4-2-14)12-25-10-7-18-17(13-25)20(26)24-19(23-18)16-5-8-22-9-6-16/h1-6,8-9H,7,10,12-13H2,(H,23,24,26). The Morgan fingerprint density at radius 2 is 1.92 bits per heavy atom. The normalized spacial score (nSPS) is 13.8. The molecule has 1 aliphatic heterocycles. The lowest BCUT2D eigenvalue weighted by Crippen LogP contribution is -2.35. The highest BCUT2D eigenvalue weighted by Gasteiger charge is 2.21. The zero-order valence-corrected chi connectivity index (χ0v) is 14.1. The third kappa shape index (κ3) is 3.25. The Morgan fingerprint density at radius 3 is 2.65 bits per heavy atom. The average Bonchev–Trinajstić information content (AvgIpc) is 2.69. The molecule has 6 heteroatoms. The Balaban J connectivity index is 1.55. The maximum atomic E-state index is 12.6. The van der Waals surface area contributed by atoms with Crippen LogP contribution in [0.2, 0.25) is 0 Å². The highest BCUT2D eigenvalue weighted by atomic mass is 16.1. The third-order valence-electron chi connectivity index (χ3n) is 4.59. The first-order valence-electron chi connectivity index (χ1n) is 8.47. The van der Waals surface area contributed by atoms with Crippen molar-refractivity contribution in [2.75, 3.05) is 6.54 Å². The molecular formula is C20H17N5O. The summed E-state index contributed by atoms with van der Waals surface area (Å²) >= 11 is 0. The number of H-pyrrole nitrogens is 1. The van der Waals surface area contributed by atoms with Crippen LogP contribution >= 0.6 is 0 Å². The van der Waals surface area contributed by atoms with Crippen molar-refractivity contribution in [3.05, 3.63) is 81.5 Å². The monoisotopic (exact) mass is 343 g/mol. The smallest absolute Gasteiger partial charge is 0.255 e. The van der Waals surface area contributed by atoms with Gasteiger partial charge in [0.2, 0.25) is 0 Å². The Morgan fingerprint density at radius 1 is 1.15 bits per heavy atom. The van der Waals surface area contributed by atoms with Gasteiger partial charge in [-0.3, -0.25) is 14.7 Å². The number of nitriles is 1. The topological polar surface area (TPSA) is 85.7 Å². The van der Waals surface area contributed by atoms with Gasteiger partial charge in [0.25, 0.3) is 5.56 Å². The van der Waals surface area contributed by atoms with Crippen LogP contribution in [0, 0.1) is 11.3 Å². The van der Waals surface area contributed by atoms with Crippen molar-refractivity contribution in [3.63, 3.8) is 0 Å². The Kier molecular flexibility index (Phi) is 4.30. The van der Waals surface area contributed by atoms with E-state index >= 15 is 0 Å². The highest BCUT2D eigenvalue weighted by Crippen LogP contribution is 2.19. The van der Waals surface area contributed by atoms with Crippen LogP contribution in [0.15, 0.2) is 53.6 Å². The highest BCUT2D eigenvalue weighted by molar-refractivity contribution is 5.54. The van der Waals surface area contributed by atoms with Crippen LogP contribution in [0.25, 0.3) is 11.4 Å². The second-order valence-corrected chi connectivity index (χ2v) is 6.35. The summed E-state index contributed by atoms with van der Waals surface area (Å²) in [5.41, 5.74) is 4.18. The van der Waals surface area contributed by atoms with Crippen molar-refractivity contribution in [1.82, 2.24) is 19.9 Å². The van der Waals surface area contributed by atoms with Crippen LogP contribution in [0.4, 0.5) is 0 Å². The second-order valence-electron chi connectivity index (χ2n) is 6.35. The van der Waals surface area contributed by atoms with Crippen molar-refractivity contribution < 1.29 is 0 Å². The molecule has 0 bridgehead atoms. The predicted octanol–water partition coefficient (Wildman–Crippen LogP) is 2.26. The van der Waals surface area contributed by atoms with Crippen LogP contribution in [-0.2, 0) is 19.5 Å². The van der Waals surface area contributed by atoms with Gasteiger partial charge in [-0.05, 0) is 29.8 Å². The number of pyridine rings is 1. The number of aromatic amines is 1. The van der Waals surface area contributed by atoms with Gasteiger partial charge >= 0.3 is 0 Å². The number of fused-ring (bicyclic) bond motifs is 1. The van der Waals surface area contributed by atoms with Gasteiger partial charge in [-0.1, -0.05) is 12.1 Å². The van der Waals surface area contributed by atoms with Crippen LogP contribution < -0.4 is 5.56 Å². The van der Waals surface area contributed by atoms with Crippen molar-refractivity contribution in [2.24, 2.45) is 0 Å². The molecular weight excluding hydrogens is 326 g/mol. The van der Waals surface area contributed by atoms with Crippen molar-refractivity contribution in [2.45, 2.75) is 19.5 Å². The minimum atomic E-state index is -0.0775. The van der Waals surface area contributed by atoms with E-state index in [4.69, 9.17) is 5.26 Å². The van der Waals surface area contributed by atoms with Crippen molar-refractivity contribution >= 4 is 0 Å². The molecule has 26 heavy (non-hydrogen) atoms. The van der Waals surface area contributed by atoms with E-state index in [2.05, 4.69) is 25.9 Å².